The van der Waals surface area contributed by atoms with E-state index in [0.29, 0.717) is 22.7 Å². The van der Waals surface area contributed by atoms with Crippen molar-refractivity contribution < 1.29 is 17.9 Å². The molecule has 1 heterocycles. The number of anilines is 2. The first-order valence-electron chi connectivity index (χ1n) is 7.60. The van der Waals surface area contributed by atoms with Gasteiger partial charge < -0.3 is 10.1 Å². The second-order valence-electron chi connectivity index (χ2n) is 5.27. The van der Waals surface area contributed by atoms with Crippen LogP contribution in [0.25, 0.3) is 0 Å². The van der Waals surface area contributed by atoms with E-state index in [1.807, 2.05) is 0 Å². The standard InChI is InChI=1S/C18H16N2O4S2/c1-24-14-10-8-13(9-11-14)18(21)19-15-5-2-3-6-16(15)20-26(22,23)17-7-4-12-25-17/h2-12,20H,1H3,(H,19,21). The number of hydrogen-bond donors (Lipinski definition) is 2. The summed E-state index contributed by atoms with van der Waals surface area (Å²) in [6.45, 7) is 0. The van der Waals surface area contributed by atoms with Gasteiger partial charge in [-0.05, 0) is 47.8 Å². The van der Waals surface area contributed by atoms with Crippen molar-refractivity contribution in [1.29, 1.82) is 0 Å². The molecule has 0 aliphatic heterocycles. The van der Waals surface area contributed by atoms with Crippen molar-refractivity contribution >= 4 is 38.6 Å². The van der Waals surface area contributed by atoms with Crippen molar-refractivity contribution in [3.63, 3.8) is 0 Å². The third-order valence-electron chi connectivity index (χ3n) is 3.53. The van der Waals surface area contributed by atoms with Crippen LogP contribution in [0.3, 0.4) is 0 Å². The van der Waals surface area contributed by atoms with Gasteiger partial charge in [-0.25, -0.2) is 8.42 Å². The van der Waals surface area contributed by atoms with E-state index < -0.39 is 10.0 Å². The highest BCUT2D eigenvalue weighted by atomic mass is 32.2. The van der Waals surface area contributed by atoms with E-state index in [2.05, 4.69) is 10.0 Å². The first kappa shape index (κ1) is 18.0. The Hall–Kier alpha value is -2.84. The fourth-order valence-corrected chi connectivity index (χ4v) is 4.30. The number of amides is 1. The van der Waals surface area contributed by atoms with Crippen molar-refractivity contribution in [1.82, 2.24) is 0 Å². The zero-order chi connectivity index (χ0) is 18.6. The van der Waals surface area contributed by atoms with Crippen molar-refractivity contribution in [2.45, 2.75) is 4.21 Å². The largest absolute Gasteiger partial charge is 0.497 e. The molecule has 1 aromatic heterocycles. The summed E-state index contributed by atoms with van der Waals surface area (Å²) in [5.74, 6) is 0.293. The minimum atomic E-state index is -3.70. The molecule has 8 heteroatoms. The third kappa shape index (κ3) is 4.04. The van der Waals surface area contributed by atoms with Gasteiger partial charge in [-0.15, -0.1) is 11.3 Å². The number of thiophene rings is 1. The smallest absolute Gasteiger partial charge is 0.271 e. The van der Waals surface area contributed by atoms with Gasteiger partial charge in [0.2, 0.25) is 0 Å². The molecule has 134 valence electrons. The number of carbonyl (C=O) groups is 1. The molecule has 0 saturated heterocycles. The molecule has 0 unspecified atom stereocenters. The van der Waals surface area contributed by atoms with Crippen molar-refractivity contribution in [3.8, 4) is 5.75 Å². The van der Waals surface area contributed by atoms with Gasteiger partial charge >= 0.3 is 0 Å². The number of para-hydroxylation sites is 2. The molecule has 26 heavy (non-hydrogen) atoms. The van der Waals surface area contributed by atoms with E-state index in [4.69, 9.17) is 4.74 Å². The van der Waals surface area contributed by atoms with Crippen molar-refractivity contribution in [2.24, 2.45) is 0 Å². The molecule has 0 fully saturated rings. The van der Waals surface area contributed by atoms with Crippen LogP contribution in [0, 0.1) is 0 Å². The molecule has 0 bridgehead atoms. The average Bonchev–Trinajstić information content (AvgIpc) is 3.19. The highest BCUT2D eigenvalue weighted by molar-refractivity contribution is 7.94. The van der Waals surface area contributed by atoms with Gasteiger partial charge in [0, 0.05) is 5.56 Å². The number of sulfonamides is 1. The molecule has 2 aromatic carbocycles. The van der Waals surface area contributed by atoms with E-state index >= 15 is 0 Å². The van der Waals surface area contributed by atoms with E-state index in [0.717, 1.165) is 11.3 Å². The lowest BCUT2D eigenvalue weighted by atomic mass is 10.2. The first-order chi connectivity index (χ1) is 12.5. The van der Waals surface area contributed by atoms with Gasteiger partial charge in [0.05, 0.1) is 18.5 Å². The summed E-state index contributed by atoms with van der Waals surface area (Å²) >= 11 is 1.12. The summed E-state index contributed by atoms with van der Waals surface area (Å²) in [5.41, 5.74) is 1.10. The Labute approximate surface area is 155 Å². The second kappa shape index (κ2) is 7.59. The Morgan fingerprint density at radius 2 is 1.65 bits per heavy atom. The molecule has 6 nitrogen and oxygen atoms in total. The maximum atomic E-state index is 12.4. The van der Waals surface area contributed by atoms with Crippen LogP contribution in [0.15, 0.2) is 70.3 Å². The quantitative estimate of drug-likeness (QED) is 0.672. The Morgan fingerprint density at radius 1 is 0.962 bits per heavy atom. The molecule has 2 N–H and O–H groups in total. The molecule has 0 radical (unpaired) electrons. The van der Waals surface area contributed by atoms with Gasteiger partial charge in [0.1, 0.15) is 9.96 Å². The Balaban J connectivity index is 1.82. The van der Waals surface area contributed by atoms with Crippen LogP contribution >= 0.6 is 11.3 Å². The summed E-state index contributed by atoms with van der Waals surface area (Å²) in [6, 6.07) is 16.4. The Bertz CT molecular complexity index is 998. The van der Waals surface area contributed by atoms with E-state index in [1.54, 1.807) is 67.1 Å². The zero-order valence-electron chi connectivity index (χ0n) is 13.8. The Kier molecular flexibility index (Phi) is 5.24. The predicted molar refractivity (Wildman–Crippen MR) is 103 cm³/mol. The summed E-state index contributed by atoms with van der Waals surface area (Å²) in [5, 5.41) is 4.42. The van der Waals surface area contributed by atoms with Crippen molar-refractivity contribution in [2.75, 3.05) is 17.1 Å². The number of ether oxygens (including phenoxy) is 1. The zero-order valence-corrected chi connectivity index (χ0v) is 15.4. The van der Waals surface area contributed by atoms with Gasteiger partial charge in [0.25, 0.3) is 15.9 Å². The number of hydrogen-bond acceptors (Lipinski definition) is 5. The predicted octanol–water partition coefficient (Wildman–Crippen LogP) is 3.81. The van der Waals surface area contributed by atoms with Crippen LogP contribution < -0.4 is 14.8 Å². The second-order valence-corrected chi connectivity index (χ2v) is 8.12. The lowest BCUT2D eigenvalue weighted by Gasteiger charge is -2.13. The number of rotatable bonds is 6. The van der Waals surface area contributed by atoms with Crippen LogP contribution in [0.1, 0.15) is 10.4 Å². The normalized spacial score (nSPS) is 11.0. The minimum absolute atomic E-state index is 0.203. The van der Waals surface area contributed by atoms with Crippen LogP contribution in [-0.2, 0) is 10.0 Å². The molecule has 0 atom stereocenters. The molecule has 1 amide bonds. The SMILES string of the molecule is COc1ccc(C(=O)Nc2ccccc2NS(=O)(=O)c2cccs2)cc1. The van der Waals surface area contributed by atoms with Gasteiger partial charge in [-0.1, -0.05) is 18.2 Å². The first-order valence-corrected chi connectivity index (χ1v) is 9.96. The van der Waals surface area contributed by atoms with Crippen LogP contribution in [0.2, 0.25) is 0 Å². The summed E-state index contributed by atoms with van der Waals surface area (Å²) in [6.07, 6.45) is 0. The van der Waals surface area contributed by atoms with Crippen LogP contribution in [0.4, 0.5) is 11.4 Å². The summed E-state index contributed by atoms with van der Waals surface area (Å²) in [4.78, 5) is 12.4. The summed E-state index contributed by atoms with van der Waals surface area (Å²) in [7, 11) is -2.15. The highest BCUT2D eigenvalue weighted by Crippen LogP contribution is 2.26. The summed E-state index contributed by atoms with van der Waals surface area (Å²) < 4.78 is 32.6. The lowest BCUT2D eigenvalue weighted by molar-refractivity contribution is 0.102. The molecule has 0 spiro atoms. The van der Waals surface area contributed by atoms with Crippen LogP contribution in [0.5, 0.6) is 5.75 Å². The molecular formula is C18H16N2O4S2. The molecule has 3 rings (SSSR count). The topological polar surface area (TPSA) is 84.5 Å². The van der Waals surface area contributed by atoms with Crippen LogP contribution in [-0.4, -0.2) is 21.4 Å². The fraction of sp³-hybridized carbons (Fsp3) is 0.0556. The van der Waals surface area contributed by atoms with Gasteiger partial charge in [-0.3, -0.25) is 9.52 Å². The highest BCUT2D eigenvalue weighted by Gasteiger charge is 2.17. The van der Waals surface area contributed by atoms with Gasteiger partial charge in [0.15, 0.2) is 0 Å². The number of carbonyl (C=O) groups excluding carboxylic acids is 1. The molecule has 0 aliphatic rings. The lowest BCUT2D eigenvalue weighted by Crippen LogP contribution is -2.16. The van der Waals surface area contributed by atoms with E-state index in [1.165, 1.54) is 6.07 Å². The molecule has 3 aromatic rings. The monoisotopic (exact) mass is 388 g/mol. The van der Waals surface area contributed by atoms with Gasteiger partial charge in [-0.2, -0.15) is 0 Å². The van der Waals surface area contributed by atoms with E-state index in [-0.39, 0.29) is 10.1 Å². The maximum Gasteiger partial charge on any atom is 0.271 e. The Morgan fingerprint density at radius 3 is 2.27 bits per heavy atom. The average molecular weight is 388 g/mol. The number of nitrogens with one attached hydrogen (secondary N) is 2. The maximum absolute atomic E-state index is 12.4. The van der Waals surface area contributed by atoms with Crippen molar-refractivity contribution in [3.05, 3.63) is 71.6 Å². The molecule has 0 aliphatic carbocycles. The number of benzene rings is 2. The molecule has 0 saturated carbocycles. The third-order valence-corrected chi connectivity index (χ3v) is 6.29. The van der Waals surface area contributed by atoms with E-state index in [9.17, 15) is 13.2 Å². The number of methoxy groups -OCH3 is 1. The fourth-order valence-electron chi connectivity index (χ4n) is 2.23. The molecular weight excluding hydrogens is 372 g/mol. The minimum Gasteiger partial charge on any atom is -0.497 e.